The molecule has 3 aromatic heterocycles. The number of benzene rings is 1. The van der Waals surface area contributed by atoms with E-state index in [4.69, 9.17) is 24.5 Å². The number of carbonyl (C=O) groups is 1. The molecule has 1 aliphatic rings. The lowest BCUT2D eigenvalue weighted by molar-refractivity contribution is -0.145. The van der Waals surface area contributed by atoms with Gasteiger partial charge in [-0.1, -0.05) is 75.7 Å². The molecule has 49 heavy (non-hydrogen) atoms. The van der Waals surface area contributed by atoms with E-state index < -0.39 is 34.2 Å². The lowest BCUT2D eigenvalue weighted by Gasteiger charge is -2.30. The first kappa shape index (κ1) is 36.8. The Morgan fingerprint density at radius 1 is 0.918 bits per heavy atom. The van der Waals surface area contributed by atoms with Gasteiger partial charge in [-0.25, -0.2) is 14.2 Å². The van der Waals surface area contributed by atoms with Crippen molar-refractivity contribution in [2.45, 2.75) is 89.1 Å². The molecular weight excluding hydrogens is 654 g/mol. The third-order valence-electron chi connectivity index (χ3n) is 9.27. The van der Waals surface area contributed by atoms with Gasteiger partial charge in [-0.3, -0.25) is 4.98 Å². The Morgan fingerprint density at radius 2 is 1.55 bits per heavy atom. The summed E-state index contributed by atoms with van der Waals surface area (Å²) in [6.07, 6.45) is 4.19. The molecule has 0 saturated heterocycles. The van der Waals surface area contributed by atoms with E-state index >= 15 is 0 Å². The van der Waals surface area contributed by atoms with Crippen LogP contribution < -0.4 is 4.90 Å². The lowest BCUT2D eigenvalue weighted by Crippen LogP contribution is -2.33. The highest BCUT2D eigenvalue weighted by atomic mass is 28.3. The second-order valence-electron chi connectivity index (χ2n) is 15.7. The second-order valence-corrected chi connectivity index (χ2v) is 27.0. The number of aliphatic carboxylic acids is 1. The van der Waals surface area contributed by atoms with E-state index in [0.29, 0.717) is 58.0 Å². The number of halogens is 1. The summed E-state index contributed by atoms with van der Waals surface area (Å²) in [7, 11) is -2.57. The van der Waals surface area contributed by atoms with Crippen molar-refractivity contribution >= 4 is 33.6 Å². The molecule has 1 saturated carbocycles. The lowest BCUT2D eigenvalue weighted by atomic mass is 9.78. The maximum absolute atomic E-state index is 14.4. The fraction of sp³-hybridized carbons (Fsp3) is 0.514. The van der Waals surface area contributed by atoms with Crippen molar-refractivity contribution in [1.29, 1.82) is 0 Å². The van der Waals surface area contributed by atoms with Crippen LogP contribution in [0.15, 0.2) is 60.9 Å². The first-order valence-corrected chi connectivity index (χ1v) is 24.9. The number of anilines is 1. The number of carboxylic acids is 1. The molecule has 3 heterocycles. The number of nitrogens with zero attached hydrogens (tertiary/aromatic N) is 5. The van der Waals surface area contributed by atoms with Gasteiger partial charge in [0, 0.05) is 75.8 Å². The molecule has 4 aromatic rings. The fourth-order valence-corrected chi connectivity index (χ4v) is 7.63. The van der Waals surface area contributed by atoms with Crippen LogP contribution in [0.4, 0.5) is 10.2 Å². The number of aromatic nitrogens is 4. The third kappa shape index (κ3) is 10.1. The molecule has 1 unspecified atom stereocenters. The van der Waals surface area contributed by atoms with Crippen LogP contribution in [-0.4, -0.2) is 79.7 Å². The molecule has 0 amide bonds. The average Bonchev–Trinajstić information content (AvgIpc) is 3.50. The van der Waals surface area contributed by atoms with Crippen molar-refractivity contribution in [3.05, 3.63) is 66.6 Å². The summed E-state index contributed by atoms with van der Waals surface area (Å²) in [5.41, 5.74) is 5.28. The normalized spacial score (nSPS) is 17.7. The number of ether oxygens (including phenoxy) is 2. The van der Waals surface area contributed by atoms with E-state index in [1.54, 1.807) is 0 Å². The number of carboxylic acid groups (broad SMARTS) is 1. The van der Waals surface area contributed by atoms with Gasteiger partial charge in [0.05, 0.1) is 11.9 Å². The number of hydrogen-bond donors (Lipinski definition) is 1. The molecule has 5 rings (SSSR count). The van der Waals surface area contributed by atoms with Crippen LogP contribution >= 0.6 is 0 Å². The van der Waals surface area contributed by atoms with Crippen molar-refractivity contribution in [2.75, 3.05) is 31.6 Å². The fourth-order valence-electron chi connectivity index (χ4n) is 6.12. The van der Waals surface area contributed by atoms with Gasteiger partial charge in [0.15, 0.2) is 11.8 Å². The number of pyridine rings is 1. The van der Waals surface area contributed by atoms with Crippen LogP contribution in [0.25, 0.3) is 28.0 Å². The summed E-state index contributed by atoms with van der Waals surface area (Å²) in [5, 5.41) is 14.1. The van der Waals surface area contributed by atoms with Gasteiger partial charge in [-0.2, -0.15) is 9.61 Å². The van der Waals surface area contributed by atoms with Crippen LogP contribution in [0, 0.1) is 5.92 Å². The number of alkyl halides is 1. The minimum Gasteiger partial charge on any atom is -0.479 e. The van der Waals surface area contributed by atoms with Crippen LogP contribution in [0.2, 0.25) is 51.4 Å². The van der Waals surface area contributed by atoms with E-state index in [-0.39, 0.29) is 5.92 Å². The van der Waals surface area contributed by atoms with E-state index in [0.717, 1.165) is 46.0 Å². The van der Waals surface area contributed by atoms with Crippen LogP contribution in [0.3, 0.4) is 0 Å². The van der Waals surface area contributed by atoms with Crippen molar-refractivity contribution in [3.63, 3.8) is 0 Å². The van der Waals surface area contributed by atoms with Crippen LogP contribution in [0.5, 0.6) is 0 Å². The Hall–Kier alpha value is -3.46. The molecule has 1 N–H and O–H groups in total. The van der Waals surface area contributed by atoms with Gasteiger partial charge in [-0.15, -0.1) is 0 Å². The summed E-state index contributed by atoms with van der Waals surface area (Å²) in [6, 6.07) is 18.3. The summed E-state index contributed by atoms with van der Waals surface area (Å²) < 4.78 is 28.9. The highest BCUT2D eigenvalue weighted by Crippen LogP contribution is 2.39. The zero-order chi connectivity index (χ0) is 35.2. The zero-order valence-corrected chi connectivity index (χ0v) is 31.9. The van der Waals surface area contributed by atoms with Gasteiger partial charge in [0.2, 0.25) is 0 Å². The summed E-state index contributed by atoms with van der Waals surface area (Å²) in [5.74, 6) is -0.977. The maximum Gasteiger partial charge on any atom is 0.338 e. The van der Waals surface area contributed by atoms with Gasteiger partial charge < -0.3 is 19.5 Å². The molecule has 0 spiro atoms. The molecule has 264 valence electrons. The molecule has 0 bridgehead atoms. The van der Waals surface area contributed by atoms with Gasteiger partial charge in [0.1, 0.15) is 19.3 Å². The molecule has 0 aliphatic heterocycles. The number of hydrogen-bond acceptors (Lipinski definition) is 7. The van der Waals surface area contributed by atoms with Gasteiger partial charge >= 0.3 is 5.97 Å². The van der Waals surface area contributed by atoms with Crippen molar-refractivity contribution in [1.82, 2.24) is 19.6 Å². The molecule has 1 fully saturated rings. The van der Waals surface area contributed by atoms with E-state index in [9.17, 15) is 14.3 Å². The van der Waals surface area contributed by atoms with Crippen LogP contribution in [-0.2, 0) is 14.3 Å². The largest absolute Gasteiger partial charge is 0.479 e. The molecular formula is C37H52FN5O4Si2. The van der Waals surface area contributed by atoms with Gasteiger partial charge in [0.25, 0.3) is 0 Å². The maximum atomic E-state index is 14.4. The third-order valence-corrected chi connectivity index (χ3v) is 12.7. The summed E-state index contributed by atoms with van der Waals surface area (Å²) in [4.78, 5) is 23.4. The van der Waals surface area contributed by atoms with Crippen molar-refractivity contribution in [3.8, 4) is 22.4 Å². The zero-order valence-electron chi connectivity index (χ0n) is 29.9. The minimum atomic E-state index is -1.84. The Morgan fingerprint density at radius 3 is 2.10 bits per heavy atom. The summed E-state index contributed by atoms with van der Waals surface area (Å²) in [6.45, 7) is 16.1. The number of rotatable bonds is 16. The average molecular weight is 706 g/mol. The topological polar surface area (TPSA) is 102 Å². The van der Waals surface area contributed by atoms with E-state index in [1.165, 1.54) is 0 Å². The van der Waals surface area contributed by atoms with Crippen molar-refractivity contribution < 1.29 is 23.8 Å². The molecule has 0 radical (unpaired) electrons. The minimum absolute atomic E-state index is 0.0600. The smallest absolute Gasteiger partial charge is 0.338 e. The molecule has 9 nitrogen and oxygen atoms in total. The second kappa shape index (κ2) is 16.0. The Labute approximate surface area is 291 Å². The van der Waals surface area contributed by atoms with Crippen LogP contribution in [0.1, 0.15) is 37.3 Å². The molecule has 12 heteroatoms. The van der Waals surface area contributed by atoms with E-state index in [2.05, 4.69) is 56.3 Å². The molecule has 1 atom stereocenters. The monoisotopic (exact) mass is 705 g/mol. The van der Waals surface area contributed by atoms with Gasteiger partial charge in [-0.05, 0) is 43.8 Å². The van der Waals surface area contributed by atoms with Crippen molar-refractivity contribution in [2.24, 2.45) is 5.92 Å². The predicted molar refractivity (Wildman–Crippen MR) is 199 cm³/mol. The molecule has 1 aliphatic carbocycles. The quantitative estimate of drug-likeness (QED) is 0.0703. The Balaban J connectivity index is 1.50. The highest BCUT2D eigenvalue weighted by Gasteiger charge is 2.33. The predicted octanol–water partition coefficient (Wildman–Crippen LogP) is 8.59. The SMILES string of the molecule is C[Si](C)(C)CCOCN(COCC[Si](C)(C)C)c1cc(C2CCC(C(F)C(=O)O)CC2)nc2c(-c3ccc(-c4ccccc4)nc3)cnn12. The number of fused-ring (bicyclic) bond motifs is 1. The first-order chi connectivity index (χ1) is 23.3. The first-order valence-electron chi connectivity index (χ1n) is 17.5. The Bertz CT molecular complexity index is 1640. The summed E-state index contributed by atoms with van der Waals surface area (Å²) >= 11 is 0. The standard InChI is InChI=1S/C37H52FN5O4Si2/c1-48(2,3)20-18-46-25-42(26-47-19-21-49(4,5)6)34-22-33(28-12-14-29(15-13-28)35(38)37(44)45)41-36-31(24-40-43(34)36)30-16-17-32(39-23-30)27-10-8-7-9-11-27/h7-11,16-17,22-24,28-29,35H,12-15,18-21,25-26H2,1-6H3,(H,44,45). The molecule has 1 aromatic carbocycles. The highest BCUT2D eigenvalue weighted by molar-refractivity contribution is 6.76. The Kier molecular flexibility index (Phi) is 12.1. The van der Waals surface area contributed by atoms with E-state index in [1.807, 2.05) is 53.3 Å².